The van der Waals surface area contributed by atoms with Crippen molar-refractivity contribution < 1.29 is 13.2 Å². The molecule has 1 rings (SSSR count). The van der Waals surface area contributed by atoms with Gasteiger partial charge in [0, 0.05) is 19.5 Å². The molecule has 0 saturated heterocycles. The van der Waals surface area contributed by atoms with Crippen molar-refractivity contribution in [3.8, 4) is 0 Å². The summed E-state index contributed by atoms with van der Waals surface area (Å²) in [6, 6.07) is 6.25. The quantitative estimate of drug-likeness (QED) is 0.637. The van der Waals surface area contributed by atoms with Crippen molar-refractivity contribution in [1.29, 1.82) is 0 Å². The second-order valence-corrected chi connectivity index (χ2v) is 5.39. The molecular weight excluding hydrogens is 254 g/mol. The fourth-order valence-corrected chi connectivity index (χ4v) is 1.93. The highest BCUT2D eigenvalue weighted by Gasteiger charge is 2.06. The van der Waals surface area contributed by atoms with Crippen LogP contribution in [0, 0.1) is 0 Å². The number of amides is 1. The fourth-order valence-electron chi connectivity index (χ4n) is 1.41. The van der Waals surface area contributed by atoms with Crippen molar-refractivity contribution in [2.75, 3.05) is 13.1 Å². The van der Waals surface area contributed by atoms with Crippen LogP contribution in [0.5, 0.6) is 0 Å². The standard InChI is InChI=1S/C11H17N3O3S/c12-7-5-11(15)14-8-6-9-1-3-10(4-2-9)18(13,16)17/h1-4H,5-8,12H2,(H,14,15)(H2,13,16,17). The third kappa shape index (κ3) is 4.82. The van der Waals surface area contributed by atoms with E-state index in [0.29, 0.717) is 25.9 Å². The highest BCUT2D eigenvalue weighted by Crippen LogP contribution is 2.08. The molecule has 0 aliphatic rings. The molecule has 0 fully saturated rings. The Morgan fingerprint density at radius 1 is 1.22 bits per heavy atom. The monoisotopic (exact) mass is 271 g/mol. The van der Waals surface area contributed by atoms with Gasteiger partial charge in [0.25, 0.3) is 0 Å². The van der Waals surface area contributed by atoms with Gasteiger partial charge in [-0.15, -0.1) is 0 Å². The second kappa shape index (κ2) is 6.48. The van der Waals surface area contributed by atoms with E-state index in [1.165, 1.54) is 12.1 Å². The van der Waals surface area contributed by atoms with Gasteiger partial charge in [-0.05, 0) is 24.1 Å². The molecule has 0 aliphatic carbocycles. The van der Waals surface area contributed by atoms with Crippen molar-refractivity contribution >= 4 is 15.9 Å². The van der Waals surface area contributed by atoms with Gasteiger partial charge in [0.05, 0.1) is 4.90 Å². The average Bonchev–Trinajstić information content (AvgIpc) is 2.29. The smallest absolute Gasteiger partial charge is 0.238 e. The Bertz CT molecular complexity index is 497. The van der Waals surface area contributed by atoms with E-state index in [9.17, 15) is 13.2 Å². The number of carbonyl (C=O) groups excluding carboxylic acids is 1. The zero-order chi connectivity index (χ0) is 13.6. The summed E-state index contributed by atoms with van der Waals surface area (Å²) in [6.45, 7) is 0.822. The molecule has 5 N–H and O–H groups in total. The Morgan fingerprint density at radius 3 is 2.33 bits per heavy atom. The van der Waals surface area contributed by atoms with Crippen LogP contribution in [0.25, 0.3) is 0 Å². The summed E-state index contributed by atoms with van der Waals surface area (Å²) in [4.78, 5) is 11.2. The van der Waals surface area contributed by atoms with Gasteiger partial charge in [0.1, 0.15) is 0 Å². The van der Waals surface area contributed by atoms with E-state index >= 15 is 0 Å². The first-order valence-corrected chi connectivity index (χ1v) is 7.06. The Labute approximate surface area is 106 Å². The molecule has 0 spiro atoms. The molecule has 0 bridgehead atoms. The van der Waals surface area contributed by atoms with E-state index < -0.39 is 10.0 Å². The lowest BCUT2D eigenvalue weighted by Gasteiger charge is -2.05. The third-order valence-electron chi connectivity index (χ3n) is 2.36. The van der Waals surface area contributed by atoms with Gasteiger partial charge in [-0.3, -0.25) is 4.79 Å². The number of nitrogens with one attached hydrogen (secondary N) is 1. The van der Waals surface area contributed by atoms with Gasteiger partial charge < -0.3 is 11.1 Å². The molecule has 1 amide bonds. The molecule has 6 nitrogen and oxygen atoms in total. The average molecular weight is 271 g/mol. The number of benzene rings is 1. The first kappa shape index (κ1) is 14.6. The number of hydrogen-bond donors (Lipinski definition) is 3. The number of carbonyl (C=O) groups is 1. The molecule has 18 heavy (non-hydrogen) atoms. The summed E-state index contributed by atoms with van der Waals surface area (Å²) in [5, 5.41) is 7.70. The van der Waals surface area contributed by atoms with Gasteiger partial charge >= 0.3 is 0 Å². The van der Waals surface area contributed by atoms with Gasteiger partial charge in [0.2, 0.25) is 15.9 Å². The molecule has 0 heterocycles. The SMILES string of the molecule is NCCC(=O)NCCc1ccc(S(N)(=O)=O)cc1. The Balaban J connectivity index is 2.47. The van der Waals surface area contributed by atoms with Crippen molar-refractivity contribution in [2.24, 2.45) is 10.9 Å². The summed E-state index contributed by atoms with van der Waals surface area (Å²) in [7, 11) is -3.64. The maximum absolute atomic E-state index is 11.1. The normalized spacial score (nSPS) is 11.2. The molecule has 0 radical (unpaired) electrons. The third-order valence-corrected chi connectivity index (χ3v) is 3.29. The summed E-state index contributed by atoms with van der Waals surface area (Å²) in [6.07, 6.45) is 0.936. The van der Waals surface area contributed by atoms with E-state index in [4.69, 9.17) is 10.9 Å². The lowest BCUT2D eigenvalue weighted by Crippen LogP contribution is -2.27. The highest BCUT2D eigenvalue weighted by atomic mass is 32.2. The van der Waals surface area contributed by atoms with E-state index in [0.717, 1.165) is 5.56 Å². The van der Waals surface area contributed by atoms with Crippen LogP contribution < -0.4 is 16.2 Å². The van der Waals surface area contributed by atoms with Gasteiger partial charge in [-0.25, -0.2) is 13.6 Å². The van der Waals surface area contributed by atoms with Crippen LogP contribution in [0.4, 0.5) is 0 Å². The van der Waals surface area contributed by atoms with Gasteiger partial charge in [0.15, 0.2) is 0 Å². The van der Waals surface area contributed by atoms with Crippen LogP contribution in [-0.4, -0.2) is 27.4 Å². The van der Waals surface area contributed by atoms with Gasteiger partial charge in [-0.1, -0.05) is 12.1 Å². The second-order valence-electron chi connectivity index (χ2n) is 3.83. The molecule has 0 unspecified atom stereocenters. The van der Waals surface area contributed by atoms with Crippen molar-refractivity contribution in [1.82, 2.24) is 5.32 Å². The van der Waals surface area contributed by atoms with Crippen molar-refractivity contribution in [3.63, 3.8) is 0 Å². The molecule has 100 valence electrons. The van der Waals surface area contributed by atoms with Gasteiger partial charge in [-0.2, -0.15) is 0 Å². The first-order chi connectivity index (χ1) is 8.43. The van der Waals surface area contributed by atoms with Crippen LogP contribution in [0.1, 0.15) is 12.0 Å². The Morgan fingerprint density at radius 2 is 1.83 bits per heavy atom. The molecular formula is C11H17N3O3S. The summed E-state index contributed by atoms with van der Waals surface area (Å²) in [5.74, 6) is -0.0846. The minimum Gasteiger partial charge on any atom is -0.356 e. The number of hydrogen-bond acceptors (Lipinski definition) is 4. The predicted molar refractivity (Wildman–Crippen MR) is 68.2 cm³/mol. The van der Waals surface area contributed by atoms with E-state index in [1.54, 1.807) is 12.1 Å². The summed E-state index contributed by atoms with van der Waals surface area (Å²) < 4.78 is 22.1. The lowest BCUT2D eigenvalue weighted by molar-refractivity contribution is -0.120. The number of primary sulfonamides is 1. The topological polar surface area (TPSA) is 115 Å². The first-order valence-electron chi connectivity index (χ1n) is 5.52. The minimum atomic E-state index is -3.64. The lowest BCUT2D eigenvalue weighted by atomic mass is 10.1. The zero-order valence-electron chi connectivity index (χ0n) is 9.93. The molecule has 0 aliphatic heterocycles. The van der Waals surface area contributed by atoms with E-state index in [-0.39, 0.29) is 10.8 Å². The maximum Gasteiger partial charge on any atom is 0.238 e. The number of sulfonamides is 1. The molecule has 0 saturated carbocycles. The largest absolute Gasteiger partial charge is 0.356 e. The summed E-state index contributed by atoms with van der Waals surface area (Å²) in [5.41, 5.74) is 6.17. The van der Waals surface area contributed by atoms with Crippen LogP contribution >= 0.6 is 0 Å². The Hall–Kier alpha value is -1.44. The summed E-state index contributed by atoms with van der Waals surface area (Å²) >= 11 is 0. The molecule has 1 aromatic carbocycles. The highest BCUT2D eigenvalue weighted by molar-refractivity contribution is 7.89. The minimum absolute atomic E-state index is 0.0819. The predicted octanol–water partition coefficient (Wildman–Crippen LogP) is -0.658. The Kier molecular flexibility index (Phi) is 5.26. The maximum atomic E-state index is 11.1. The molecule has 7 heteroatoms. The number of nitrogens with two attached hydrogens (primary N) is 2. The molecule has 0 aromatic heterocycles. The fraction of sp³-hybridized carbons (Fsp3) is 0.364. The molecule has 0 atom stereocenters. The van der Waals surface area contributed by atoms with Crippen LogP contribution in [0.2, 0.25) is 0 Å². The van der Waals surface area contributed by atoms with Crippen molar-refractivity contribution in [3.05, 3.63) is 29.8 Å². The van der Waals surface area contributed by atoms with Crippen LogP contribution in [-0.2, 0) is 21.2 Å². The van der Waals surface area contributed by atoms with E-state index in [1.807, 2.05) is 0 Å². The van der Waals surface area contributed by atoms with Crippen LogP contribution in [0.15, 0.2) is 29.2 Å². The van der Waals surface area contributed by atoms with E-state index in [2.05, 4.69) is 5.32 Å². The van der Waals surface area contributed by atoms with Crippen molar-refractivity contribution in [2.45, 2.75) is 17.7 Å². The zero-order valence-corrected chi connectivity index (χ0v) is 10.7. The van der Waals surface area contributed by atoms with Crippen LogP contribution in [0.3, 0.4) is 0 Å². The molecule has 1 aromatic rings. The number of rotatable bonds is 6.